The molecule has 1 aliphatic rings. The van der Waals surface area contributed by atoms with Crippen molar-refractivity contribution in [2.75, 3.05) is 18.0 Å². The van der Waals surface area contributed by atoms with Crippen molar-refractivity contribution in [3.8, 4) is 0 Å². The number of nitrogens with zero attached hydrogens (tertiary/aromatic N) is 3. The van der Waals surface area contributed by atoms with Crippen LogP contribution in [0, 0.1) is 5.92 Å². The van der Waals surface area contributed by atoms with Gasteiger partial charge in [-0.1, -0.05) is 26.7 Å². The highest BCUT2D eigenvalue weighted by Crippen LogP contribution is 2.25. The van der Waals surface area contributed by atoms with E-state index in [0.717, 1.165) is 19.4 Å². The maximum Gasteiger partial charge on any atom is 0.293 e. The molecule has 20 heavy (non-hydrogen) atoms. The fraction of sp³-hybridized carbons (Fsp3) is 0.733. The van der Waals surface area contributed by atoms with E-state index in [-0.39, 0.29) is 5.56 Å². The third-order valence-electron chi connectivity index (χ3n) is 3.86. The number of rotatable bonds is 6. The zero-order chi connectivity index (χ0) is 14.5. The fourth-order valence-electron chi connectivity index (χ4n) is 2.99. The van der Waals surface area contributed by atoms with Crippen LogP contribution < -0.4 is 16.2 Å². The molecule has 1 aromatic rings. The summed E-state index contributed by atoms with van der Waals surface area (Å²) in [5.74, 6) is 1.02. The van der Waals surface area contributed by atoms with E-state index in [1.165, 1.54) is 12.8 Å². The molecule has 1 fully saturated rings. The molecule has 5 nitrogen and oxygen atoms in total. The van der Waals surface area contributed by atoms with Crippen molar-refractivity contribution < 1.29 is 0 Å². The molecule has 2 N–H and O–H groups in total. The summed E-state index contributed by atoms with van der Waals surface area (Å²) >= 11 is 0. The van der Waals surface area contributed by atoms with Crippen LogP contribution in [-0.4, -0.2) is 28.7 Å². The Hall–Kier alpha value is -1.36. The zero-order valence-electron chi connectivity index (χ0n) is 12.6. The van der Waals surface area contributed by atoms with E-state index in [4.69, 9.17) is 5.73 Å². The summed E-state index contributed by atoms with van der Waals surface area (Å²) < 4.78 is 1.77. The average molecular weight is 278 g/mol. The Labute approximate surface area is 120 Å². The zero-order valence-corrected chi connectivity index (χ0v) is 12.6. The molecule has 0 saturated heterocycles. The minimum atomic E-state index is 0.0153. The van der Waals surface area contributed by atoms with E-state index in [1.54, 1.807) is 17.0 Å². The summed E-state index contributed by atoms with van der Waals surface area (Å²) in [6.07, 6.45) is 8.26. The third kappa shape index (κ3) is 3.39. The molecule has 0 aromatic carbocycles. The molecule has 0 spiro atoms. The summed E-state index contributed by atoms with van der Waals surface area (Å²) in [7, 11) is 0. The standard InChI is InChI=1S/C15H26N4O/c1-12(2)11-18-10-8-17-14(15(18)20)19(9-7-16)13-5-3-4-6-13/h8,10,12-13H,3-7,9,11,16H2,1-2H3. The predicted molar refractivity (Wildman–Crippen MR) is 82.0 cm³/mol. The fourth-order valence-corrected chi connectivity index (χ4v) is 2.99. The highest BCUT2D eigenvalue weighted by atomic mass is 16.1. The van der Waals surface area contributed by atoms with Crippen LogP contribution in [0.4, 0.5) is 5.82 Å². The summed E-state index contributed by atoms with van der Waals surface area (Å²) in [4.78, 5) is 19.1. The summed E-state index contributed by atoms with van der Waals surface area (Å²) in [6.45, 7) is 6.22. The molecule has 112 valence electrons. The molecule has 0 unspecified atom stereocenters. The van der Waals surface area contributed by atoms with Gasteiger partial charge in [-0.15, -0.1) is 0 Å². The van der Waals surface area contributed by atoms with Crippen LogP contribution in [0.1, 0.15) is 39.5 Å². The molecule has 1 heterocycles. The molecule has 1 aliphatic carbocycles. The van der Waals surface area contributed by atoms with Crippen molar-refractivity contribution in [2.24, 2.45) is 11.7 Å². The van der Waals surface area contributed by atoms with Gasteiger partial charge in [-0.25, -0.2) is 4.98 Å². The average Bonchev–Trinajstić information content (AvgIpc) is 2.92. The summed E-state index contributed by atoms with van der Waals surface area (Å²) in [5, 5.41) is 0. The van der Waals surface area contributed by atoms with Gasteiger partial charge in [0.1, 0.15) is 0 Å². The highest BCUT2D eigenvalue weighted by molar-refractivity contribution is 5.37. The lowest BCUT2D eigenvalue weighted by molar-refractivity contribution is 0.504. The minimum Gasteiger partial charge on any atom is -0.348 e. The maximum absolute atomic E-state index is 12.6. The predicted octanol–water partition coefficient (Wildman–Crippen LogP) is 1.61. The van der Waals surface area contributed by atoms with Gasteiger partial charge in [-0.05, 0) is 18.8 Å². The first-order chi connectivity index (χ1) is 9.63. The summed E-state index contributed by atoms with van der Waals surface area (Å²) in [6, 6.07) is 0.425. The van der Waals surface area contributed by atoms with Crippen molar-refractivity contribution in [1.29, 1.82) is 0 Å². The first-order valence-corrected chi connectivity index (χ1v) is 7.65. The second kappa shape index (κ2) is 6.88. The maximum atomic E-state index is 12.6. The van der Waals surface area contributed by atoms with Crippen molar-refractivity contribution in [3.05, 3.63) is 22.7 Å². The molecule has 1 saturated carbocycles. The van der Waals surface area contributed by atoms with Gasteiger partial charge in [-0.2, -0.15) is 0 Å². The largest absolute Gasteiger partial charge is 0.348 e. The minimum absolute atomic E-state index is 0.0153. The van der Waals surface area contributed by atoms with E-state index in [2.05, 4.69) is 23.7 Å². The van der Waals surface area contributed by atoms with Gasteiger partial charge in [0.2, 0.25) is 0 Å². The normalized spacial score (nSPS) is 16.0. The molecule has 0 bridgehead atoms. The van der Waals surface area contributed by atoms with Gasteiger partial charge < -0.3 is 15.2 Å². The number of nitrogens with two attached hydrogens (primary N) is 1. The molecule has 0 atom stereocenters. The number of hydrogen-bond acceptors (Lipinski definition) is 4. The van der Waals surface area contributed by atoms with Crippen molar-refractivity contribution >= 4 is 5.82 Å². The quantitative estimate of drug-likeness (QED) is 0.858. The SMILES string of the molecule is CC(C)Cn1ccnc(N(CCN)C2CCCC2)c1=O. The van der Waals surface area contributed by atoms with E-state index in [9.17, 15) is 4.79 Å². The van der Waals surface area contributed by atoms with Gasteiger partial charge in [0, 0.05) is 38.1 Å². The van der Waals surface area contributed by atoms with E-state index < -0.39 is 0 Å². The van der Waals surface area contributed by atoms with Gasteiger partial charge in [0.25, 0.3) is 5.56 Å². The van der Waals surface area contributed by atoms with E-state index in [1.807, 2.05) is 0 Å². The van der Waals surface area contributed by atoms with Crippen LogP contribution in [0.5, 0.6) is 0 Å². The van der Waals surface area contributed by atoms with Crippen LogP contribution >= 0.6 is 0 Å². The Kier molecular flexibility index (Phi) is 5.17. The molecule has 2 rings (SSSR count). The van der Waals surface area contributed by atoms with Crippen LogP contribution in [0.2, 0.25) is 0 Å². The highest BCUT2D eigenvalue weighted by Gasteiger charge is 2.25. The number of anilines is 1. The molecule has 0 aliphatic heterocycles. The van der Waals surface area contributed by atoms with Crippen LogP contribution in [0.15, 0.2) is 17.2 Å². The Balaban J connectivity index is 2.30. The molecular weight excluding hydrogens is 252 g/mol. The van der Waals surface area contributed by atoms with Crippen molar-refractivity contribution in [1.82, 2.24) is 9.55 Å². The second-order valence-corrected chi connectivity index (χ2v) is 6.02. The van der Waals surface area contributed by atoms with Gasteiger partial charge in [0.15, 0.2) is 5.82 Å². The van der Waals surface area contributed by atoms with E-state index in [0.29, 0.717) is 30.9 Å². The lowest BCUT2D eigenvalue weighted by Crippen LogP contribution is -2.42. The Morgan fingerprint density at radius 2 is 2.15 bits per heavy atom. The van der Waals surface area contributed by atoms with E-state index >= 15 is 0 Å². The smallest absolute Gasteiger partial charge is 0.293 e. The lowest BCUT2D eigenvalue weighted by Gasteiger charge is -2.29. The second-order valence-electron chi connectivity index (χ2n) is 6.02. The Morgan fingerprint density at radius 1 is 1.45 bits per heavy atom. The van der Waals surface area contributed by atoms with Crippen molar-refractivity contribution in [3.63, 3.8) is 0 Å². The van der Waals surface area contributed by atoms with Gasteiger partial charge in [-0.3, -0.25) is 4.79 Å². The monoisotopic (exact) mass is 278 g/mol. The third-order valence-corrected chi connectivity index (χ3v) is 3.86. The van der Waals surface area contributed by atoms with Crippen LogP contribution in [0.3, 0.4) is 0 Å². The topological polar surface area (TPSA) is 64.2 Å². The molecular formula is C15H26N4O. The van der Waals surface area contributed by atoms with Gasteiger partial charge >= 0.3 is 0 Å². The van der Waals surface area contributed by atoms with Crippen LogP contribution in [-0.2, 0) is 6.54 Å². The molecule has 0 amide bonds. The first kappa shape index (κ1) is 15.0. The Morgan fingerprint density at radius 3 is 2.75 bits per heavy atom. The van der Waals surface area contributed by atoms with Crippen molar-refractivity contribution in [2.45, 2.75) is 52.1 Å². The number of aromatic nitrogens is 2. The number of hydrogen-bond donors (Lipinski definition) is 1. The molecule has 1 aromatic heterocycles. The molecule has 5 heteroatoms. The Bertz CT molecular complexity index is 477. The van der Waals surface area contributed by atoms with Crippen LogP contribution in [0.25, 0.3) is 0 Å². The summed E-state index contributed by atoms with van der Waals surface area (Å²) in [5.41, 5.74) is 5.74. The van der Waals surface area contributed by atoms with Gasteiger partial charge in [0.05, 0.1) is 0 Å². The first-order valence-electron chi connectivity index (χ1n) is 7.65. The lowest BCUT2D eigenvalue weighted by atomic mass is 10.2. The molecule has 0 radical (unpaired) electrons.